The number of nitrogens with two attached hydrogens (primary N) is 1. The van der Waals surface area contributed by atoms with E-state index in [1.807, 2.05) is 0 Å². The number of thioether (sulfide) groups is 2. The second kappa shape index (κ2) is 11.4. The standard InChI is InChI=1S/C22H26N8O5S4/c1-30(5-3-4-6-30)7-12-10-38-22(24-12)37-9-11-8-36-19-14(18(32)29(19)15(11)20(33)34)25-17(31)13(27-35-2)16-26-21(23)39-28-16/h10,14,19H,3-9H2,1-2H3,(H3-,23,25,26,28,31,33,34)/b27-13-/t14-,19?/m1/s1. The van der Waals surface area contributed by atoms with Crippen molar-refractivity contribution >= 4 is 75.0 Å². The summed E-state index contributed by atoms with van der Waals surface area (Å²) in [5, 5.41) is 20.0. The topological polar surface area (TPSA) is 176 Å². The fraction of sp³-hybridized carbons (Fsp3) is 0.500. The number of rotatable bonds is 10. The second-order valence-corrected chi connectivity index (χ2v) is 13.5. The molecule has 3 aliphatic heterocycles. The van der Waals surface area contributed by atoms with Crippen molar-refractivity contribution in [2.24, 2.45) is 5.16 Å². The number of β-lactam (4-membered cyclic amide) rings is 1. The van der Waals surface area contributed by atoms with Crippen molar-refractivity contribution in [1.82, 2.24) is 24.6 Å². The molecule has 5 rings (SSSR count). The highest BCUT2D eigenvalue weighted by Crippen LogP contribution is 2.41. The maximum Gasteiger partial charge on any atom is 0.278 e. The van der Waals surface area contributed by atoms with Gasteiger partial charge in [-0.3, -0.25) is 14.5 Å². The van der Waals surface area contributed by atoms with Crippen LogP contribution in [0, 0.1) is 0 Å². The van der Waals surface area contributed by atoms with E-state index in [0.717, 1.165) is 45.7 Å². The first-order valence-electron chi connectivity index (χ1n) is 12.0. The number of nitrogens with zero attached hydrogens (tertiary/aromatic N) is 6. The van der Waals surface area contributed by atoms with Crippen molar-refractivity contribution in [2.75, 3.05) is 44.5 Å². The molecule has 0 saturated carbocycles. The molecule has 2 saturated heterocycles. The van der Waals surface area contributed by atoms with Gasteiger partial charge >= 0.3 is 0 Å². The number of nitrogens with one attached hydrogen (secondary N) is 1. The lowest BCUT2D eigenvalue weighted by Gasteiger charge is -2.50. The molecule has 39 heavy (non-hydrogen) atoms. The van der Waals surface area contributed by atoms with Crippen LogP contribution < -0.4 is 16.2 Å². The number of carboxylic acids is 1. The SMILES string of the molecule is CO/N=C(\C(=O)N[C@@H]1C(=O)N2C(C(=O)[O-])=C(CSc3nc(C[N+]4(C)CCCC4)cs3)CSC12)c1nsc(N)n1. The van der Waals surface area contributed by atoms with Gasteiger partial charge in [-0.1, -0.05) is 16.9 Å². The summed E-state index contributed by atoms with van der Waals surface area (Å²) in [5.74, 6) is -2.02. The number of likely N-dealkylation sites (tertiary alicyclic amines) is 1. The molecule has 13 nitrogen and oxygen atoms in total. The molecule has 2 fully saturated rings. The third kappa shape index (κ3) is 5.77. The third-order valence-electron chi connectivity index (χ3n) is 6.67. The van der Waals surface area contributed by atoms with Crippen LogP contribution in [0.15, 0.2) is 26.1 Å². The van der Waals surface area contributed by atoms with Gasteiger partial charge in [0.25, 0.3) is 11.8 Å². The normalized spacial score (nSPS) is 22.5. The largest absolute Gasteiger partial charge is 0.543 e. The Hall–Kier alpha value is -2.73. The van der Waals surface area contributed by atoms with Gasteiger partial charge in [0.05, 0.1) is 31.8 Å². The lowest BCUT2D eigenvalue weighted by molar-refractivity contribution is -0.911. The van der Waals surface area contributed by atoms with Gasteiger partial charge < -0.3 is 30.3 Å². The van der Waals surface area contributed by atoms with Crippen LogP contribution in [0.1, 0.15) is 24.4 Å². The fourth-order valence-electron chi connectivity index (χ4n) is 4.82. The Morgan fingerprint density at radius 3 is 2.79 bits per heavy atom. The van der Waals surface area contributed by atoms with Gasteiger partial charge in [-0.15, -0.1) is 23.1 Å². The van der Waals surface area contributed by atoms with E-state index in [2.05, 4.69) is 32.3 Å². The molecular formula is C22H26N8O5S4. The maximum atomic E-state index is 13.0. The maximum absolute atomic E-state index is 13.0. The zero-order valence-electron chi connectivity index (χ0n) is 21.1. The predicted octanol–water partition coefficient (Wildman–Crippen LogP) is -0.136. The number of carbonyl (C=O) groups excluding carboxylic acids is 3. The number of carbonyl (C=O) groups is 3. The number of carboxylic acid groups (broad SMARTS) is 1. The number of anilines is 1. The summed E-state index contributed by atoms with van der Waals surface area (Å²) in [6, 6.07) is -0.958. The first kappa shape index (κ1) is 27.8. The zero-order chi connectivity index (χ0) is 27.7. The minimum Gasteiger partial charge on any atom is -0.543 e. The van der Waals surface area contributed by atoms with Gasteiger partial charge in [-0.2, -0.15) is 9.36 Å². The van der Waals surface area contributed by atoms with Crippen LogP contribution >= 0.6 is 46.4 Å². The molecule has 2 aromatic rings. The molecule has 0 bridgehead atoms. The Balaban J connectivity index is 1.24. The van der Waals surface area contributed by atoms with Crippen molar-refractivity contribution in [2.45, 2.75) is 35.1 Å². The first-order valence-corrected chi connectivity index (χ1v) is 15.7. The predicted molar refractivity (Wildman–Crippen MR) is 147 cm³/mol. The van der Waals surface area contributed by atoms with E-state index in [1.54, 1.807) is 11.3 Å². The smallest absolute Gasteiger partial charge is 0.278 e. The Morgan fingerprint density at radius 2 is 2.13 bits per heavy atom. The van der Waals surface area contributed by atoms with Crippen LogP contribution in [0.5, 0.6) is 0 Å². The van der Waals surface area contributed by atoms with Crippen LogP contribution in [-0.4, -0.2) is 97.4 Å². The molecule has 17 heteroatoms. The summed E-state index contributed by atoms with van der Waals surface area (Å²) in [6.07, 6.45) is 2.47. The number of aliphatic carboxylic acids is 1. The van der Waals surface area contributed by atoms with Crippen molar-refractivity contribution in [3.05, 3.63) is 28.2 Å². The van der Waals surface area contributed by atoms with E-state index >= 15 is 0 Å². The lowest BCUT2D eigenvalue weighted by Crippen LogP contribution is -2.71. The summed E-state index contributed by atoms with van der Waals surface area (Å²) in [6.45, 7) is 3.20. The molecule has 0 aromatic carbocycles. The molecule has 0 aliphatic carbocycles. The highest BCUT2D eigenvalue weighted by atomic mass is 32.2. The molecule has 0 spiro atoms. The van der Waals surface area contributed by atoms with Gasteiger partial charge in [-0.25, -0.2) is 4.98 Å². The van der Waals surface area contributed by atoms with E-state index in [0.29, 0.717) is 17.1 Å². The number of oxime groups is 1. The molecule has 3 N–H and O–H groups in total. The van der Waals surface area contributed by atoms with Crippen molar-refractivity contribution < 1.29 is 28.8 Å². The Kier molecular flexibility index (Phi) is 8.14. The van der Waals surface area contributed by atoms with Gasteiger partial charge in [0.15, 0.2) is 9.47 Å². The molecule has 1 unspecified atom stereocenters. The van der Waals surface area contributed by atoms with Crippen LogP contribution in [0.3, 0.4) is 0 Å². The molecule has 2 atom stereocenters. The minimum atomic E-state index is -1.43. The van der Waals surface area contributed by atoms with Crippen LogP contribution in [0.25, 0.3) is 0 Å². The molecule has 2 amide bonds. The van der Waals surface area contributed by atoms with Crippen LogP contribution in [0.2, 0.25) is 0 Å². The number of fused-ring (bicyclic) bond motifs is 1. The van der Waals surface area contributed by atoms with Crippen molar-refractivity contribution in [3.8, 4) is 0 Å². The lowest BCUT2D eigenvalue weighted by atomic mass is 10.0. The van der Waals surface area contributed by atoms with E-state index in [9.17, 15) is 19.5 Å². The Bertz CT molecular complexity index is 1350. The number of hydrogen-bond donors (Lipinski definition) is 2. The van der Waals surface area contributed by atoms with Gasteiger partial charge in [0.2, 0.25) is 11.5 Å². The van der Waals surface area contributed by atoms with E-state index in [4.69, 9.17) is 15.6 Å². The molecule has 2 aromatic heterocycles. The zero-order valence-corrected chi connectivity index (χ0v) is 24.4. The highest BCUT2D eigenvalue weighted by molar-refractivity contribution is 8.01. The van der Waals surface area contributed by atoms with E-state index in [1.165, 1.54) is 48.4 Å². The Labute approximate surface area is 240 Å². The summed E-state index contributed by atoms with van der Waals surface area (Å²) in [4.78, 5) is 52.6. The quantitative estimate of drug-likeness (QED) is 0.120. The van der Waals surface area contributed by atoms with Crippen LogP contribution in [0.4, 0.5) is 5.13 Å². The number of hydrogen-bond acceptors (Lipinski definition) is 14. The Morgan fingerprint density at radius 1 is 1.36 bits per heavy atom. The monoisotopic (exact) mass is 610 g/mol. The van der Waals surface area contributed by atoms with E-state index < -0.39 is 29.2 Å². The summed E-state index contributed by atoms with van der Waals surface area (Å²) >= 11 is 5.25. The van der Waals surface area contributed by atoms with Gasteiger partial charge in [-0.05, 0) is 5.57 Å². The molecule has 208 valence electrons. The molecule has 5 heterocycles. The average molecular weight is 611 g/mol. The number of nitrogen functional groups attached to an aromatic ring is 1. The molecular weight excluding hydrogens is 585 g/mol. The molecule has 3 aliphatic rings. The highest BCUT2D eigenvalue weighted by Gasteiger charge is 2.53. The number of amides is 2. The number of aromatic nitrogens is 3. The van der Waals surface area contributed by atoms with Crippen LogP contribution in [-0.2, 0) is 25.8 Å². The number of quaternary nitrogens is 1. The average Bonchev–Trinajstić information content (AvgIpc) is 3.65. The fourth-order valence-corrected chi connectivity index (χ4v) is 8.58. The first-order chi connectivity index (χ1) is 18.7. The second-order valence-electron chi connectivity index (χ2n) is 9.50. The summed E-state index contributed by atoms with van der Waals surface area (Å²) in [5.41, 5.74) is 6.84. The summed E-state index contributed by atoms with van der Waals surface area (Å²) in [7, 11) is 3.51. The molecule has 0 radical (unpaired) electrons. The summed E-state index contributed by atoms with van der Waals surface area (Å²) < 4.78 is 5.81. The number of thiazole rings is 1. The minimum absolute atomic E-state index is 0.0342. The van der Waals surface area contributed by atoms with Crippen molar-refractivity contribution in [1.29, 1.82) is 0 Å². The van der Waals surface area contributed by atoms with Crippen molar-refractivity contribution in [3.63, 3.8) is 0 Å². The van der Waals surface area contributed by atoms with Gasteiger partial charge in [0, 0.05) is 41.3 Å². The van der Waals surface area contributed by atoms with E-state index in [-0.39, 0.29) is 22.4 Å². The third-order valence-corrected chi connectivity index (χ3v) is 10.7. The van der Waals surface area contributed by atoms with Gasteiger partial charge in [0.1, 0.15) is 30.8 Å².